The molecule has 0 N–H and O–H groups in total. The van der Waals surface area contributed by atoms with Crippen molar-refractivity contribution in [2.24, 2.45) is 4.99 Å². The fraction of sp³-hybridized carbons (Fsp3) is 0.364. The standard InChI is InChI=1S/C11H13N/c1-2-6-10(7-3-1)12-11-8-4-5-9-11/h1-3,6-7H,4-5,8-9H2. The van der Waals surface area contributed by atoms with Crippen LogP contribution in [-0.2, 0) is 0 Å². The normalized spacial score (nSPS) is 16.5. The highest BCUT2D eigenvalue weighted by Gasteiger charge is 2.07. The van der Waals surface area contributed by atoms with Crippen LogP contribution in [0.3, 0.4) is 0 Å². The van der Waals surface area contributed by atoms with Gasteiger partial charge in [0.15, 0.2) is 0 Å². The Kier molecular flexibility index (Phi) is 2.21. The number of aliphatic imine (C=N–C) groups is 1. The predicted molar refractivity (Wildman–Crippen MR) is 52.0 cm³/mol. The largest absolute Gasteiger partial charge is 0.258 e. The van der Waals surface area contributed by atoms with Crippen LogP contribution in [0.1, 0.15) is 25.7 Å². The molecule has 0 aliphatic heterocycles. The molecule has 1 saturated carbocycles. The van der Waals surface area contributed by atoms with Gasteiger partial charge in [0.1, 0.15) is 0 Å². The summed E-state index contributed by atoms with van der Waals surface area (Å²) in [6.07, 6.45) is 5.06. The van der Waals surface area contributed by atoms with Crippen molar-refractivity contribution in [3.63, 3.8) is 0 Å². The van der Waals surface area contributed by atoms with E-state index in [0.717, 1.165) is 5.69 Å². The molecule has 0 aromatic heterocycles. The van der Waals surface area contributed by atoms with E-state index in [-0.39, 0.29) is 0 Å². The summed E-state index contributed by atoms with van der Waals surface area (Å²) < 4.78 is 0. The lowest BCUT2D eigenvalue weighted by atomic mass is 10.3. The SMILES string of the molecule is c1ccc(N=C2CCCC2)cc1. The highest BCUT2D eigenvalue weighted by molar-refractivity contribution is 5.88. The van der Waals surface area contributed by atoms with Gasteiger partial charge in [-0.15, -0.1) is 0 Å². The Morgan fingerprint density at radius 2 is 1.58 bits per heavy atom. The third-order valence-electron chi connectivity index (χ3n) is 2.22. The molecule has 1 aliphatic carbocycles. The number of hydrogen-bond acceptors (Lipinski definition) is 1. The van der Waals surface area contributed by atoms with Gasteiger partial charge in [0.2, 0.25) is 0 Å². The predicted octanol–water partition coefficient (Wildman–Crippen LogP) is 3.33. The van der Waals surface area contributed by atoms with Crippen LogP contribution in [0.4, 0.5) is 5.69 Å². The minimum atomic E-state index is 1.11. The van der Waals surface area contributed by atoms with Gasteiger partial charge in [0.05, 0.1) is 5.69 Å². The molecule has 1 heteroatoms. The summed E-state index contributed by atoms with van der Waals surface area (Å²) in [7, 11) is 0. The molecule has 1 aliphatic rings. The molecule has 62 valence electrons. The van der Waals surface area contributed by atoms with Crippen molar-refractivity contribution in [1.29, 1.82) is 0 Å². The van der Waals surface area contributed by atoms with Crippen LogP contribution < -0.4 is 0 Å². The fourth-order valence-electron chi connectivity index (χ4n) is 1.58. The maximum atomic E-state index is 4.57. The average molecular weight is 159 g/mol. The molecule has 0 atom stereocenters. The molecule has 0 heterocycles. The second kappa shape index (κ2) is 3.53. The molecule has 0 unspecified atom stereocenters. The summed E-state index contributed by atoms with van der Waals surface area (Å²) in [5, 5.41) is 0. The Balaban J connectivity index is 2.16. The van der Waals surface area contributed by atoms with Gasteiger partial charge >= 0.3 is 0 Å². The summed E-state index contributed by atoms with van der Waals surface area (Å²) in [5.74, 6) is 0. The second-order valence-electron chi connectivity index (χ2n) is 3.22. The van der Waals surface area contributed by atoms with Gasteiger partial charge in [0, 0.05) is 5.71 Å². The van der Waals surface area contributed by atoms with E-state index in [9.17, 15) is 0 Å². The molecule has 0 radical (unpaired) electrons. The minimum Gasteiger partial charge on any atom is -0.258 e. The second-order valence-corrected chi connectivity index (χ2v) is 3.22. The quantitative estimate of drug-likeness (QED) is 0.596. The van der Waals surface area contributed by atoms with Crippen LogP contribution >= 0.6 is 0 Å². The maximum absolute atomic E-state index is 4.57. The van der Waals surface area contributed by atoms with Crippen molar-refractivity contribution < 1.29 is 0 Å². The van der Waals surface area contributed by atoms with Crippen molar-refractivity contribution in [2.45, 2.75) is 25.7 Å². The van der Waals surface area contributed by atoms with Gasteiger partial charge in [-0.2, -0.15) is 0 Å². The average Bonchev–Trinajstić information content (AvgIpc) is 2.59. The molecule has 1 aromatic rings. The van der Waals surface area contributed by atoms with Gasteiger partial charge in [-0.05, 0) is 37.8 Å². The van der Waals surface area contributed by atoms with E-state index in [4.69, 9.17) is 0 Å². The molecule has 1 fully saturated rings. The van der Waals surface area contributed by atoms with Crippen LogP contribution in [0.5, 0.6) is 0 Å². The van der Waals surface area contributed by atoms with Crippen molar-refractivity contribution in [3.8, 4) is 0 Å². The zero-order valence-corrected chi connectivity index (χ0v) is 7.16. The van der Waals surface area contributed by atoms with E-state index < -0.39 is 0 Å². The smallest absolute Gasteiger partial charge is 0.0629 e. The van der Waals surface area contributed by atoms with E-state index in [1.54, 1.807) is 0 Å². The molecule has 0 saturated heterocycles. The van der Waals surface area contributed by atoms with Crippen molar-refractivity contribution in [3.05, 3.63) is 30.3 Å². The Labute approximate surface area is 73.1 Å². The van der Waals surface area contributed by atoms with E-state index in [0.29, 0.717) is 0 Å². The van der Waals surface area contributed by atoms with E-state index in [1.165, 1.54) is 31.4 Å². The van der Waals surface area contributed by atoms with Crippen LogP contribution in [0.25, 0.3) is 0 Å². The molecule has 1 aromatic carbocycles. The summed E-state index contributed by atoms with van der Waals surface area (Å²) >= 11 is 0. The number of benzene rings is 1. The Morgan fingerprint density at radius 3 is 2.25 bits per heavy atom. The number of nitrogens with zero attached hydrogens (tertiary/aromatic N) is 1. The van der Waals surface area contributed by atoms with E-state index >= 15 is 0 Å². The monoisotopic (exact) mass is 159 g/mol. The van der Waals surface area contributed by atoms with Crippen LogP contribution in [0.15, 0.2) is 35.3 Å². The topological polar surface area (TPSA) is 12.4 Å². The lowest BCUT2D eigenvalue weighted by Gasteiger charge is -1.95. The molecule has 0 amide bonds. The van der Waals surface area contributed by atoms with E-state index in [1.807, 2.05) is 18.2 Å². The van der Waals surface area contributed by atoms with Crippen LogP contribution in [0.2, 0.25) is 0 Å². The van der Waals surface area contributed by atoms with Crippen molar-refractivity contribution in [2.75, 3.05) is 0 Å². The lowest BCUT2D eigenvalue weighted by Crippen LogP contribution is -1.85. The Morgan fingerprint density at radius 1 is 0.917 bits per heavy atom. The molecular weight excluding hydrogens is 146 g/mol. The summed E-state index contributed by atoms with van der Waals surface area (Å²) in [6, 6.07) is 10.2. The Bertz CT molecular complexity index is 266. The van der Waals surface area contributed by atoms with Gasteiger partial charge in [-0.25, -0.2) is 0 Å². The third-order valence-corrected chi connectivity index (χ3v) is 2.22. The summed E-state index contributed by atoms with van der Waals surface area (Å²) in [6.45, 7) is 0. The number of hydrogen-bond donors (Lipinski definition) is 0. The first kappa shape index (κ1) is 7.53. The minimum absolute atomic E-state index is 1.11. The lowest BCUT2D eigenvalue weighted by molar-refractivity contribution is 0.886. The number of para-hydroxylation sites is 1. The molecule has 0 bridgehead atoms. The maximum Gasteiger partial charge on any atom is 0.0629 e. The van der Waals surface area contributed by atoms with Gasteiger partial charge in [-0.1, -0.05) is 18.2 Å². The summed E-state index contributed by atoms with van der Waals surface area (Å²) in [4.78, 5) is 4.57. The zero-order valence-electron chi connectivity index (χ0n) is 7.16. The number of rotatable bonds is 1. The highest BCUT2D eigenvalue weighted by Crippen LogP contribution is 2.19. The fourth-order valence-corrected chi connectivity index (χ4v) is 1.58. The summed E-state index contributed by atoms with van der Waals surface area (Å²) in [5.41, 5.74) is 2.48. The van der Waals surface area contributed by atoms with Crippen LogP contribution in [0, 0.1) is 0 Å². The van der Waals surface area contributed by atoms with Crippen LogP contribution in [-0.4, -0.2) is 5.71 Å². The highest BCUT2D eigenvalue weighted by atomic mass is 14.7. The Hall–Kier alpha value is -1.11. The van der Waals surface area contributed by atoms with E-state index in [2.05, 4.69) is 17.1 Å². The van der Waals surface area contributed by atoms with Crippen molar-refractivity contribution >= 4 is 11.4 Å². The first-order chi connectivity index (χ1) is 5.95. The van der Waals surface area contributed by atoms with Crippen molar-refractivity contribution in [1.82, 2.24) is 0 Å². The molecule has 0 spiro atoms. The first-order valence-electron chi connectivity index (χ1n) is 4.57. The molecule has 12 heavy (non-hydrogen) atoms. The van der Waals surface area contributed by atoms with Gasteiger partial charge < -0.3 is 0 Å². The molecular formula is C11H13N. The van der Waals surface area contributed by atoms with Gasteiger partial charge in [0.25, 0.3) is 0 Å². The zero-order chi connectivity index (χ0) is 8.23. The molecule has 1 nitrogen and oxygen atoms in total. The molecule has 2 rings (SSSR count). The third kappa shape index (κ3) is 1.73. The van der Waals surface area contributed by atoms with Gasteiger partial charge in [-0.3, -0.25) is 4.99 Å². The first-order valence-corrected chi connectivity index (χ1v) is 4.57.